The number of benzene rings is 1. The van der Waals surface area contributed by atoms with E-state index in [1.165, 1.54) is 21.0 Å². The predicted octanol–water partition coefficient (Wildman–Crippen LogP) is 3.16. The molecule has 0 spiro atoms. The van der Waals surface area contributed by atoms with E-state index in [9.17, 15) is 14.4 Å². The van der Waals surface area contributed by atoms with Gasteiger partial charge in [0.15, 0.2) is 11.5 Å². The highest BCUT2D eigenvalue weighted by molar-refractivity contribution is 9.11. The van der Waals surface area contributed by atoms with Crippen LogP contribution in [0.2, 0.25) is 0 Å². The molecule has 0 aromatic heterocycles. The highest BCUT2D eigenvalue weighted by atomic mass is 79.9. The lowest BCUT2D eigenvalue weighted by atomic mass is 10.1. The average molecular weight is 424 g/mol. The molecule has 0 heterocycles. The Labute approximate surface area is 138 Å². The fraction of sp³-hybridized carbons (Fsp3) is 0.308. The number of rotatable bonds is 3. The van der Waals surface area contributed by atoms with Crippen molar-refractivity contribution in [3.05, 3.63) is 20.1 Å². The fourth-order valence-electron chi connectivity index (χ4n) is 1.56. The quantitative estimate of drug-likeness (QED) is 0.548. The maximum atomic E-state index is 11.9. The minimum absolute atomic E-state index is 0.0315. The van der Waals surface area contributed by atoms with E-state index in [1.54, 1.807) is 6.92 Å². The lowest BCUT2D eigenvalue weighted by Gasteiger charge is -2.17. The first-order valence-corrected chi connectivity index (χ1v) is 7.26. The molecule has 8 heteroatoms. The van der Waals surface area contributed by atoms with Gasteiger partial charge in [-0.1, -0.05) is 0 Å². The lowest BCUT2D eigenvalue weighted by Crippen LogP contribution is -2.13. The zero-order valence-electron chi connectivity index (χ0n) is 11.7. The standard InChI is InChI=1S/C13H12Br2O6/c1-5-9(14)12(21-7(3)17)10(15)8(13(18)19-4)11(5)20-6(2)16/h1-4H3. The van der Waals surface area contributed by atoms with Gasteiger partial charge in [-0.15, -0.1) is 0 Å². The van der Waals surface area contributed by atoms with E-state index < -0.39 is 17.9 Å². The Morgan fingerprint density at radius 2 is 1.38 bits per heavy atom. The van der Waals surface area contributed by atoms with Gasteiger partial charge in [-0.25, -0.2) is 4.79 Å². The van der Waals surface area contributed by atoms with Gasteiger partial charge in [-0.3, -0.25) is 9.59 Å². The lowest BCUT2D eigenvalue weighted by molar-refractivity contribution is -0.133. The van der Waals surface area contributed by atoms with Crippen molar-refractivity contribution >= 4 is 49.8 Å². The van der Waals surface area contributed by atoms with Crippen molar-refractivity contribution in [1.82, 2.24) is 0 Å². The van der Waals surface area contributed by atoms with Crippen molar-refractivity contribution in [2.24, 2.45) is 0 Å². The number of halogens is 2. The van der Waals surface area contributed by atoms with Crippen LogP contribution in [0.3, 0.4) is 0 Å². The van der Waals surface area contributed by atoms with Gasteiger partial charge >= 0.3 is 17.9 Å². The van der Waals surface area contributed by atoms with Crippen LogP contribution in [0.15, 0.2) is 8.95 Å². The molecule has 0 atom stereocenters. The van der Waals surface area contributed by atoms with E-state index in [2.05, 4.69) is 36.6 Å². The van der Waals surface area contributed by atoms with Crippen molar-refractivity contribution in [1.29, 1.82) is 0 Å². The highest BCUT2D eigenvalue weighted by Gasteiger charge is 2.28. The summed E-state index contributed by atoms with van der Waals surface area (Å²) in [5.41, 5.74) is 0.384. The van der Waals surface area contributed by atoms with E-state index in [1.807, 2.05) is 0 Å². The average Bonchev–Trinajstić information content (AvgIpc) is 2.39. The van der Waals surface area contributed by atoms with Gasteiger partial charge in [-0.05, 0) is 38.8 Å². The van der Waals surface area contributed by atoms with E-state index in [0.717, 1.165) is 0 Å². The van der Waals surface area contributed by atoms with Crippen molar-refractivity contribution in [3.8, 4) is 11.5 Å². The van der Waals surface area contributed by atoms with Crippen LogP contribution >= 0.6 is 31.9 Å². The predicted molar refractivity (Wildman–Crippen MR) is 80.5 cm³/mol. The number of carbonyl (C=O) groups is 3. The first-order chi connectivity index (χ1) is 9.70. The van der Waals surface area contributed by atoms with Gasteiger partial charge in [0.25, 0.3) is 0 Å². The summed E-state index contributed by atoms with van der Waals surface area (Å²) in [4.78, 5) is 34.3. The molecular weight excluding hydrogens is 412 g/mol. The summed E-state index contributed by atoms with van der Waals surface area (Å²) in [6.07, 6.45) is 0. The van der Waals surface area contributed by atoms with Gasteiger partial charge in [0, 0.05) is 19.4 Å². The van der Waals surface area contributed by atoms with Crippen molar-refractivity contribution in [2.45, 2.75) is 20.8 Å². The molecule has 6 nitrogen and oxygen atoms in total. The highest BCUT2D eigenvalue weighted by Crippen LogP contribution is 2.45. The summed E-state index contributed by atoms with van der Waals surface area (Å²) in [6, 6.07) is 0. The second-order valence-electron chi connectivity index (χ2n) is 3.97. The first kappa shape index (κ1) is 17.6. The van der Waals surface area contributed by atoms with E-state index in [-0.39, 0.29) is 21.5 Å². The molecule has 0 N–H and O–H groups in total. The Balaban J connectivity index is 3.69. The van der Waals surface area contributed by atoms with Crippen LogP contribution in [0.4, 0.5) is 0 Å². The van der Waals surface area contributed by atoms with Crippen molar-refractivity contribution < 1.29 is 28.6 Å². The van der Waals surface area contributed by atoms with Gasteiger partial charge in [0.1, 0.15) is 5.56 Å². The van der Waals surface area contributed by atoms with Crippen LogP contribution in [0.1, 0.15) is 29.8 Å². The van der Waals surface area contributed by atoms with E-state index >= 15 is 0 Å². The Hall–Kier alpha value is -1.41. The van der Waals surface area contributed by atoms with Gasteiger partial charge in [-0.2, -0.15) is 0 Å². The van der Waals surface area contributed by atoms with Crippen LogP contribution in [-0.2, 0) is 14.3 Å². The Bertz CT molecular complexity index is 624. The molecule has 0 saturated carbocycles. The summed E-state index contributed by atoms with van der Waals surface area (Å²) >= 11 is 6.43. The van der Waals surface area contributed by atoms with Crippen LogP contribution in [0, 0.1) is 6.92 Å². The zero-order chi connectivity index (χ0) is 16.3. The largest absolute Gasteiger partial charge is 0.465 e. The molecule has 0 bridgehead atoms. The number of esters is 3. The molecule has 0 unspecified atom stereocenters. The minimum atomic E-state index is -0.734. The molecule has 21 heavy (non-hydrogen) atoms. The van der Waals surface area contributed by atoms with Crippen LogP contribution in [0.25, 0.3) is 0 Å². The molecule has 0 aliphatic rings. The molecule has 0 aliphatic heterocycles. The Morgan fingerprint density at radius 1 is 0.905 bits per heavy atom. The van der Waals surface area contributed by atoms with Gasteiger partial charge < -0.3 is 14.2 Å². The molecule has 0 radical (unpaired) electrons. The molecule has 0 aliphatic carbocycles. The third kappa shape index (κ3) is 3.82. The number of ether oxygens (including phenoxy) is 3. The molecular formula is C13H12Br2O6. The number of carbonyl (C=O) groups excluding carboxylic acids is 3. The first-order valence-electron chi connectivity index (χ1n) is 5.67. The minimum Gasteiger partial charge on any atom is -0.465 e. The Kier molecular flexibility index (Phi) is 5.91. The zero-order valence-corrected chi connectivity index (χ0v) is 14.9. The molecule has 0 saturated heterocycles. The molecule has 1 aromatic rings. The molecule has 1 aromatic carbocycles. The second-order valence-corrected chi connectivity index (χ2v) is 5.55. The van der Waals surface area contributed by atoms with Gasteiger partial charge in [0.05, 0.1) is 16.1 Å². The van der Waals surface area contributed by atoms with Crippen LogP contribution in [-0.4, -0.2) is 25.0 Å². The number of hydrogen-bond acceptors (Lipinski definition) is 6. The summed E-state index contributed by atoms with van der Waals surface area (Å²) in [7, 11) is 1.19. The van der Waals surface area contributed by atoms with Crippen LogP contribution < -0.4 is 9.47 Å². The monoisotopic (exact) mass is 422 g/mol. The van der Waals surface area contributed by atoms with E-state index in [0.29, 0.717) is 10.0 Å². The molecule has 1 rings (SSSR count). The topological polar surface area (TPSA) is 78.9 Å². The third-order valence-corrected chi connectivity index (χ3v) is 4.11. The second kappa shape index (κ2) is 7.04. The Morgan fingerprint density at radius 3 is 1.81 bits per heavy atom. The fourth-order valence-corrected chi connectivity index (χ4v) is 2.90. The molecule has 0 fully saturated rings. The SMILES string of the molecule is COC(=O)c1c(Br)c(OC(C)=O)c(Br)c(C)c1OC(C)=O. The van der Waals surface area contributed by atoms with Crippen molar-refractivity contribution in [3.63, 3.8) is 0 Å². The third-order valence-electron chi connectivity index (χ3n) is 2.40. The van der Waals surface area contributed by atoms with Crippen molar-refractivity contribution in [2.75, 3.05) is 7.11 Å². The van der Waals surface area contributed by atoms with Crippen LogP contribution in [0.5, 0.6) is 11.5 Å². The number of methoxy groups -OCH3 is 1. The van der Waals surface area contributed by atoms with Gasteiger partial charge in [0.2, 0.25) is 0 Å². The molecule has 0 amide bonds. The maximum Gasteiger partial charge on any atom is 0.342 e. The van der Waals surface area contributed by atoms with E-state index in [4.69, 9.17) is 9.47 Å². The summed E-state index contributed by atoms with van der Waals surface area (Å²) < 4.78 is 15.4. The molecule has 114 valence electrons. The maximum absolute atomic E-state index is 11.9. The number of hydrogen-bond donors (Lipinski definition) is 0. The summed E-state index contributed by atoms with van der Waals surface area (Å²) in [5.74, 6) is -1.75. The summed E-state index contributed by atoms with van der Waals surface area (Å²) in [6.45, 7) is 4.04. The summed E-state index contributed by atoms with van der Waals surface area (Å²) in [5, 5.41) is 0. The smallest absolute Gasteiger partial charge is 0.342 e. The normalized spacial score (nSPS) is 10.0.